The van der Waals surface area contributed by atoms with Crippen LogP contribution in [0.4, 0.5) is 0 Å². The van der Waals surface area contributed by atoms with E-state index >= 15 is 0 Å². The Morgan fingerprint density at radius 2 is 2.05 bits per heavy atom. The van der Waals surface area contributed by atoms with Gasteiger partial charge in [0.05, 0.1) is 21.6 Å². The monoisotopic (exact) mass is 388 g/mol. The molecule has 1 aromatic rings. The predicted octanol–water partition coefficient (Wildman–Crippen LogP) is 3.99. The molecule has 19 heavy (non-hydrogen) atoms. The molecule has 0 aliphatic rings. The molecule has 1 atom stereocenters. The van der Waals surface area contributed by atoms with Crippen molar-refractivity contribution in [3.8, 4) is 0 Å². The maximum atomic E-state index is 11.9. The van der Waals surface area contributed by atoms with Crippen LogP contribution in [0.5, 0.6) is 0 Å². The Kier molecular flexibility index (Phi) is 5.67. The number of ether oxygens (including phenoxy) is 1. The van der Waals surface area contributed by atoms with E-state index in [0.29, 0.717) is 6.42 Å². The molecule has 0 aliphatic heterocycles. The van der Waals surface area contributed by atoms with Gasteiger partial charge in [-0.3, -0.25) is 0 Å². The van der Waals surface area contributed by atoms with Crippen LogP contribution >= 0.6 is 38.2 Å². The number of rotatable bonds is 4. The van der Waals surface area contributed by atoms with E-state index in [2.05, 4.69) is 15.9 Å². The molecule has 1 unspecified atom stereocenters. The Labute approximate surface area is 129 Å². The largest absolute Gasteiger partial charge is 0.459 e. The van der Waals surface area contributed by atoms with E-state index in [-0.39, 0.29) is 26.1 Å². The van der Waals surface area contributed by atoms with Crippen molar-refractivity contribution in [2.45, 2.75) is 31.3 Å². The van der Waals surface area contributed by atoms with Crippen LogP contribution in [0.1, 0.15) is 30.6 Å². The number of hydrogen-bond acceptors (Lipinski definition) is 4. The molecule has 0 amide bonds. The van der Waals surface area contributed by atoms with E-state index in [1.54, 1.807) is 6.92 Å². The Balaban J connectivity index is 3.26. The van der Waals surface area contributed by atoms with Crippen molar-refractivity contribution in [2.24, 2.45) is 0 Å². The second-order valence-corrected chi connectivity index (χ2v) is 7.62. The molecule has 0 aliphatic carbocycles. The number of hydrogen-bond donors (Lipinski definition) is 0. The summed E-state index contributed by atoms with van der Waals surface area (Å²) in [5.41, 5.74) is -0.0376. The molecule has 0 N–H and O–H groups in total. The van der Waals surface area contributed by atoms with Gasteiger partial charge < -0.3 is 4.74 Å². The van der Waals surface area contributed by atoms with Gasteiger partial charge in [-0.15, -0.1) is 0 Å². The highest BCUT2D eigenvalue weighted by molar-refractivity contribution is 9.10. The molecule has 0 bridgehead atoms. The lowest BCUT2D eigenvalue weighted by atomic mass is 10.2. The molecule has 0 aromatic heterocycles. The second kappa shape index (κ2) is 6.43. The number of halogens is 3. The summed E-state index contributed by atoms with van der Waals surface area (Å²) < 4.78 is 28.0. The molecule has 8 heteroatoms. The lowest BCUT2D eigenvalue weighted by molar-refractivity contribution is 0.0334. The first kappa shape index (κ1) is 16.8. The van der Waals surface area contributed by atoms with Gasteiger partial charge >= 0.3 is 5.97 Å². The first-order valence-corrected chi connectivity index (χ1v) is 8.79. The Morgan fingerprint density at radius 1 is 1.47 bits per heavy atom. The van der Waals surface area contributed by atoms with E-state index in [9.17, 15) is 13.2 Å². The first-order valence-electron chi connectivity index (χ1n) is 5.31. The van der Waals surface area contributed by atoms with Crippen molar-refractivity contribution in [1.29, 1.82) is 0 Å². The van der Waals surface area contributed by atoms with Crippen LogP contribution < -0.4 is 0 Å². The molecule has 1 rings (SSSR count). The summed E-state index contributed by atoms with van der Waals surface area (Å²) in [6.45, 7) is 3.58. The van der Waals surface area contributed by atoms with E-state index in [1.807, 2.05) is 6.92 Å². The van der Waals surface area contributed by atoms with Crippen LogP contribution in [0.25, 0.3) is 0 Å². The zero-order valence-corrected chi connectivity index (χ0v) is 14.0. The van der Waals surface area contributed by atoms with Gasteiger partial charge in [-0.05, 0) is 41.4 Å². The SMILES string of the molecule is CCC(C)OC(=O)c1cc(S(=O)(=O)Cl)c(Br)cc1Cl. The van der Waals surface area contributed by atoms with Crippen LogP contribution in [0, 0.1) is 0 Å². The van der Waals surface area contributed by atoms with Crippen molar-refractivity contribution in [1.82, 2.24) is 0 Å². The molecule has 0 radical (unpaired) electrons. The maximum Gasteiger partial charge on any atom is 0.339 e. The smallest absolute Gasteiger partial charge is 0.339 e. The summed E-state index contributed by atoms with van der Waals surface area (Å²) in [5, 5.41) is 0.0873. The van der Waals surface area contributed by atoms with E-state index in [1.165, 1.54) is 6.07 Å². The third-order valence-corrected chi connectivity index (χ3v) is 4.98. The number of carbonyl (C=O) groups excluding carboxylic acids is 1. The van der Waals surface area contributed by atoms with Gasteiger partial charge in [0.2, 0.25) is 0 Å². The highest BCUT2D eigenvalue weighted by Gasteiger charge is 2.22. The zero-order chi connectivity index (χ0) is 14.8. The Bertz CT molecular complexity index is 601. The molecule has 0 fully saturated rings. The second-order valence-electron chi connectivity index (χ2n) is 3.82. The summed E-state index contributed by atoms with van der Waals surface area (Å²) in [6.07, 6.45) is 0.351. The fraction of sp³-hybridized carbons (Fsp3) is 0.364. The van der Waals surface area contributed by atoms with Crippen molar-refractivity contribution >= 4 is 53.2 Å². The van der Waals surface area contributed by atoms with Gasteiger partial charge in [0.25, 0.3) is 9.05 Å². The number of esters is 1. The zero-order valence-electron chi connectivity index (χ0n) is 10.1. The topological polar surface area (TPSA) is 60.4 Å². The van der Waals surface area contributed by atoms with Crippen molar-refractivity contribution in [3.63, 3.8) is 0 Å². The van der Waals surface area contributed by atoms with Gasteiger partial charge in [0, 0.05) is 15.2 Å². The van der Waals surface area contributed by atoms with Gasteiger partial charge in [0.1, 0.15) is 0 Å². The fourth-order valence-electron chi connectivity index (χ4n) is 1.20. The molecular weight excluding hydrogens is 379 g/mol. The molecular formula is C11H11BrCl2O4S. The lowest BCUT2D eigenvalue weighted by Crippen LogP contribution is -2.15. The highest BCUT2D eigenvalue weighted by Crippen LogP contribution is 2.31. The lowest BCUT2D eigenvalue weighted by Gasteiger charge is -2.12. The summed E-state index contributed by atoms with van der Waals surface area (Å²) in [4.78, 5) is 11.6. The minimum Gasteiger partial charge on any atom is -0.459 e. The van der Waals surface area contributed by atoms with E-state index in [4.69, 9.17) is 27.0 Å². The van der Waals surface area contributed by atoms with Crippen LogP contribution in [0.2, 0.25) is 5.02 Å². The van der Waals surface area contributed by atoms with Crippen LogP contribution in [0.15, 0.2) is 21.5 Å². The van der Waals surface area contributed by atoms with Crippen molar-refractivity contribution in [3.05, 3.63) is 27.2 Å². The first-order chi connectivity index (χ1) is 8.66. The average Bonchev–Trinajstić information content (AvgIpc) is 2.26. The molecule has 0 spiro atoms. The fourth-order valence-corrected chi connectivity index (χ4v) is 3.77. The Morgan fingerprint density at radius 3 is 2.53 bits per heavy atom. The summed E-state index contributed by atoms with van der Waals surface area (Å²) in [7, 11) is 1.29. The third kappa shape index (κ3) is 4.34. The minimum atomic E-state index is -3.98. The maximum absolute atomic E-state index is 11.9. The van der Waals surface area contributed by atoms with Gasteiger partial charge in [-0.1, -0.05) is 18.5 Å². The molecule has 4 nitrogen and oxygen atoms in total. The summed E-state index contributed by atoms with van der Waals surface area (Å²) in [5.74, 6) is -0.687. The van der Waals surface area contributed by atoms with Gasteiger partial charge in [-0.2, -0.15) is 0 Å². The molecule has 1 aromatic carbocycles. The standard InChI is InChI=1S/C11H11BrCl2O4S/c1-3-6(2)18-11(15)7-4-10(19(14,16)17)8(12)5-9(7)13/h4-6H,3H2,1-2H3. The molecule has 0 saturated carbocycles. The predicted molar refractivity (Wildman–Crippen MR) is 77.4 cm³/mol. The van der Waals surface area contributed by atoms with Crippen molar-refractivity contribution in [2.75, 3.05) is 0 Å². The molecule has 0 heterocycles. The van der Waals surface area contributed by atoms with Gasteiger partial charge in [0.15, 0.2) is 0 Å². The Hall–Kier alpha value is -0.300. The van der Waals surface area contributed by atoms with Crippen LogP contribution in [-0.4, -0.2) is 20.5 Å². The van der Waals surface area contributed by atoms with E-state index < -0.39 is 15.0 Å². The minimum absolute atomic E-state index is 0.0376. The van der Waals surface area contributed by atoms with Crippen LogP contribution in [-0.2, 0) is 13.8 Å². The number of benzene rings is 1. The summed E-state index contributed by atoms with van der Waals surface area (Å²) in [6, 6.07) is 2.39. The average molecular weight is 390 g/mol. The van der Waals surface area contributed by atoms with Gasteiger partial charge in [-0.25, -0.2) is 13.2 Å². The normalized spacial score (nSPS) is 13.1. The quantitative estimate of drug-likeness (QED) is 0.577. The molecule has 0 saturated heterocycles. The van der Waals surface area contributed by atoms with Crippen molar-refractivity contribution < 1.29 is 17.9 Å². The number of carbonyl (C=O) groups is 1. The molecule has 106 valence electrons. The highest BCUT2D eigenvalue weighted by atomic mass is 79.9. The third-order valence-electron chi connectivity index (χ3n) is 2.39. The van der Waals surface area contributed by atoms with Crippen LogP contribution in [0.3, 0.4) is 0 Å². The van der Waals surface area contributed by atoms with E-state index in [0.717, 1.165) is 6.07 Å². The summed E-state index contributed by atoms with van der Waals surface area (Å²) >= 11 is 8.93.